The summed E-state index contributed by atoms with van der Waals surface area (Å²) in [6.45, 7) is 5.25. The van der Waals surface area contributed by atoms with E-state index in [9.17, 15) is 5.11 Å². The van der Waals surface area contributed by atoms with E-state index in [0.717, 1.165) is 38.7 Å². The Morgan fingerprint density at radius 1 is 1.00 bits per heavy atom. The SMILES string of the molecule is CCCCCCCCOC1(C2(O)CCC(CCC)C2)C=CC(c2ccccc2)=CC1. The summed E-state index contributed by atoms with van der Waals surface area (Å²) in [5.41, 5.74) is 1.16. The second-order valence-electron chi connectivity index (χ2n) is 9.50. The molecule has 0 saturated heterocycles. The van der Waals surface area contributed by atoms with Crippen LogP contribution in [0.5, 0.6) is 0 Å². The fraction of sp³-hybridized carbons (Fsp3) is 0.643. The molecule has 1 N–H and O–H groups in total. The number of rotatable bonds is 12. The maximum atomic E-state index is 11.8. The molecule has 3 rings (SSSR count). The first-order chi connectivity index (χ1) is 14.6. The summed E-state index contributed by atoms with van der Waals surface area (Å²) in [5.74, 6) is 0.627. The predicted octanol–water partition coefficient (Wildman–Crippen LogP) is 7.48. The maximum absolute atomic E-state index is 11.8. The monoisotopic (exact) mass is 410 g/mol. The van der Waals surface area contributed by atoms with Crippen molar-refractivity contribution in [2.75, 3.05) is 6.61 Å². The molecule has 166 valence electrons. The van der Waals surface area contributed by atoms with Crippen molar-refractivity contribution >= 4 is 5.57 Å². The Hall–Kier alpha value is -1.38. The first-order valence-electron chi connectivity index (χ1n) is 12.4. The maximum Gasteiger partial charge on any atom is 0.119 e. The fourth-order valence-electron chi connectivity index (χ4n) is 5.35. The lowest BCUT2D eigenvalue weighted by Gasteiger charge is -2.44. The molecule has 0 spiro atoms. The molecule has 3 unspecified atom stereocenters. The Labute approximate surface area is 184 Å². The minimum Gasteiger partial charge on any atom is -0.387 e. The number of ether oxygens (including phenoxy) is 1. The van der Waals surface area contributed by atoms with Crippen molar-refractivity contribution in [3.63, 3.8) is 0 Å². The molecule has 2 heteroatoms. The molecule has 1 fully saturated rings. The molecule has 30 heavy (non-hydrogen) atoms. The minimum absolute atomic E-state index is 0.572. The molecule has 0 amide bonds. The Bertz CT molecular complexity index is 692. The number of benzene rings is 1. The van der Waals surface area contributed by atoms with Crippen LogP contribution in [0, 0.1) is 5.92 Å². The lowest BCUT2D eigenvalue weighted by Crippen LogP contribution is -2.54. The summed E-state index contributed by atoms with van der Waals surface area (Å²) in [6, 6.07) is 10.5. The fourth-order valence-corrected chi connectivity index (χ4v) is 5.35. The Kier molecular flexibility index (Phi) is 8.77. The summed E-state index contributed by atoms with van der Waals surface area (Å²) < 4.78 is 6.59. The van der Waals surface area contributed by atoms with E-state index in [2.05, 4.69) is 62.4 Å². The van der Waals surface area contributed by atoms with Crippen molar-refractivity contribution in [1.29, 1.82) is 0 Å². The van der Waals surface area contributed by atoms with Crippen molar-refractivity contribution in [3.8, 4) is 0 Å². The zero-order valence-corrected chi connectivity index (χ0v) is 19.2. The van der Waals surface area contributed by atoms with Gasteiger partial charge in [0.2, 0.25) is 0 Å². The summed E-state index contributed by atoms with van der Waals surface area (Å²) in [4.78, 5) is 0. The first-order valence-corrected chi connectivity index (χ1v) is 12.4. The quantitative estimate of drug-likeness (QED) is 0.362. The van der Waals surface area contributed by atoms with Crippen LogP contribution in [0.3, 0.4) is 0 Å². The lowest BCUT2D eigenvalue weighted by atomic mass is 9.74. The second-order valence-corrected chi connectivity index (χ2v) is 9.50. The third kappa shape index (κ3) is 5.65. The van der Waals surface area contributed by atoms with Gasteiger partial charge in [-0.25, -0.2) is 0 Å². The largest absolute Gasteiger partial charge is 0.387 e. The molecular formula is C28H42O2. The molecule has 0 heterocycles. The van der Waals surface area contributed by atoms with Gasteiger partial charge >= 0.3 is 0 Å². The van der Waals surface area contributed by atoms with Crippen LogP contribution in [0.15, 0.2) is 48.6 Å². The van der Waals surface area contributed by atoms with Crippen LogP contribution < -0.4 is 0 Å². The number of aliphatic hydroxyl groups is 1. The summed E-state index contributed by atoms with van der Waals surface area (Å²) in [5, 5.41) is 11.8. The zero-order valence-electron chi connectivity index (χ0n) is 19.2. The van der Waals surface area contributed by atoms with Gasteiger partial charge in [0.05, 0.1) is 5.60 Å². The van der Waals surface area contributed by atoms with Gasteiger partial charge in [-0.15, -0.1) is 0 Å². The third-order valence-electron chi connectivity index (χ3n) is 7.20. The highest BCUT2D eigenvalue weighted by Gasteiger charge is 2.53. The van der Waals surface area contributed by atoms with Crippen molar-refractivity contribution < 1.29 is 9.84 Å². The predicted molar refractivity (Wildman–Crippen MR) is 127 cm³/mol. The van der Waals surface area contributed by atoms with Gasteiger partial charge in [0.25, 0.3) is 0 Å². The molecule has 0 aliphatic heterocycles. The highest BCUT2D eigenvalue weighted by molar-refractivity contribution is 5.75. The van der Waals surface area contributed by atoms with Gasteiger partial charge in [0, 0.05) is 13.0 Å². The first kappa shape index (κ1) is 23.3. The number of allylic oxidation sites excluding steroid dienone is 2. The number of hydrogen-bond acceptors (Lipinski definition) is 2. The third-order valence-corrected chi connectivity index (χ3v) is 7.20. The van der Waals surface area contributed by atoms with Gasteiger partial charge in [-0.1, -0.05) is 101 Å². The Morgan fingerprint density at radius 3 is 2.47 bits per heavy atom. The van der Waals surface area contributed by atoms with Crippen molar-refractivity contribution in [2.24, 2.45) is 5.92 Å². The average Bonchev–Trinajstić information content (AvgIpc) is 3.17. The molecule has 0 bridgehead atoms. The molecule has 2 aliphatic carbocycles. The van der Waals surface area contributed by atoms with E-state index in [0.29, 0.717) is 5.92 Å². The molecule has 1 saturated carbocycles. The van der Waals surface area contributed by atoms with E-state index in [1.165, 1.54) is 56.1 Å². The van der Waals surface area contributed by atoms with Gasteiger partial charge in [0.1, 0.15) is 5.60 Å². The normalized spacial score (nSPS) is 28.6. The minimum atomic E-state index is -0.746. The van der Waals surface area contributed by atoms with E-state index in [1.807, 2.05) is 0 Å². The molecule has 0 radical (unpaired) electrons. The van der Waals surface area contributed by atoms with Crippen LogP contribution in [0.4, 0.5) is 0 Å². The van der Waals surface area contributed by atoms with Gasteiger partial charge in [-0.3, -0.25) is 0 Å². The van der Waals surface area contributed by atoms with E-state index in [1.54, 1.807) is 0 Å². The molecular weight excluding hydrogens is 368 g/mol. The van der Waals surface area contributed by atoms with E-state index < -0.39 is 11.2 Å². The van der Waals surface area contributed by atoms with E-state index in [-0.39, 0.29) is 0 Å². The van der Waals surface area contributed by atoms with Crippen LogP contribution in [0.2, 0.25) is 0 Å². The van der Waals surface area contributed by atoms with Crippen molar-refractivity contribution in [1.82, 2.24) is 0 Å². The summed E-state index contributed by atoms with van der Waals surface area (Å²) >= 11 is 0. The van der Waals surface area contributed by atoms with Gasteiger partial charge < -0.3 is 9.84 Å². The van der Waals surface area contributed by atoms with Gasteiger partial charge in [-0.05, 0) is 48.8 Å². The van der Waals surface area contributed by atoms with Gasteiger partial charge in [-0.2, -0.15) is 0 Å². The Morgan fingerprint density at radius 2 is 1.77 bits per heavy atom. The molecule has 3 atom stereocenters. The van der Waals surface area contributed by atoms with E-state index in [4.69, 9.17) is 4.74 Å². The smallest absolute Gasteiger partial charge is 0.119 e. The molecule has 2 aliphatic rings. The lowest BCUT2D eigenvalue weighted by molar-refractivity contribution is -0.155. The van der Waals surface area contributed by atoms with Crippen LogP contribution in [-0.2, 0) is 4.74 Å². The highest BCUT2D eigenvalue weighted by Crippen LogP contribution is 2.49. The summed E-state index contributed by atoms with van der Waals surface area (Å²) in [7, 11) is 0. The van der Waals surface area contributed by atoms with Crippen molar-refractivity contribution in [2.45, 2.75) is 102 Å². The van der Waals surface area contributed by atoms with Crippen LogP contribution in [0.1, 0.15) is 96.5 Å². The zero-order chi connectivity index (χ0) is 21.3. The van der Waals surface area contributed by atoms with Crippen LogP contribution in [0.25, 0.3) is 5.57 Å². The van der Waals surface area contributed by atoms with Crippen molar-refractivity contribution in [3.05, 3.63) is 54.1 Å². The molecule has 1 aromatic rings. The average molecular weight is 411 g/mol. The molecule has 0 aromatic heterocycles. The topological polar surface area (TPSA) is 29.5 Å². The van der Waals surface area contributed by atoms with Crippen LogP contribution >= 0.6 is 0 Å². The second kappa shape index (κ2) is 11.3. The van der Waals surface area contributed by atoms with Gasteiger partial charge in [0.15, 0.2) is 0 Å². The highest BCUT2D eigenvalue weighted by atomic mass is 16.5. The summed E-state index contributed by atoms with van der Waals surface area (Å²) in [6.07, 6.45) is 20.2. The Balaban J connectivity index is 1.67. The molecule has 1 aromatic carbocycles. The number of hydrogen-bond donors (Lipinski definition) is 1. The van der Waals surface area contributed by atoms with Crippen LogP contribution in [-0.4, -0.2) is 22.9 Å². The number of unbranched alkanes of at least 4 members (excludes halogenated alkanes) is 5. The van der Waals surface area contributed by atoms with E-state index >= 15 is 0 Å². The molecule has 2 nitrogen and oxygen atoms in total. The standard InChI is InChI=1S/C28H42O2/c1-3-5-6-7-8-12-22-30-28(27(29)19-16-24(23-27)13-4-2)20-17-26(18-21-28)25-14-10-9-11-15-25/h9-11,14-15,17-18,20,24,29H,3-8,12-13,16,19,21-23H2,1-2H3.